The van der Waals surface area contributed by atoms with Crippen molar-refractivity contribution in [2.45, 2.75) is 31.8 Å². The standard InChI is InChI=1S/C9H16O2/c10-7-3-1-5-9-6-2-4-8-11-9/h1,3,9-10H,2,4-8H2/b3-1+. The van der Waals surface area contributed by atoms with Crippen LogP contribution in [0.3, 0.4) is 0 Å². The lowest BCUT2D eigenvalue weighted by molar-refractivity contribution is 0.0184. The Morgan fingerprint density at radius 1 is 1.36 bits per heavy atom. The summed E-state index contributed by atoms with van der Waals surface area (Å²) in [5.74, 6) is 0. The van der Waals surface area contributed by atoms with Gasteiger partial charge in [-0.3, -0.25) is 0 Å². The second-order valence-electron chi connectivity index (χ2n) is 2.88. The molecule has 1 N–H and O–H groups in total. The van der Waals surface area contributed by atoms with Crippen molar-refractivity contribution in [1.82, 2.24) is 0 Å². The number of rotatable bonds is 3. The molecule has 2 nitrogen and oxygen atoms in total. The molecule has 1 atom stereocenters. The van der Waals surface area contributed by atoms with E-state index in [1.54, 1.807) is 6.08 Å². The smallest absolute Gasteiger partial charge is 0.0612 e. The summed E-state index contributed by atoms with van der Waals surface area (Å²) in [5.41, 5.74) is 0. The molecule has 1 aliphatic rings. The molecule has 1 heterocycles. The summed E-state index contributed by atoms with van der Waals surface area (Å²) in [6.45, 7) is 1.06. The Balaban J connectivity index is 2.09. The van der Waals surface area contributed by atoms with Crippen LogP contribution >= 0.6 is 0 Å². The lowest BCUT2D eigenvalue weighted by atomic mass is 10.1. The topological polar surface area (TPSA) is 29.5 Å². The van der Waals surface area contributed by atoms with Crippen LogP contribution in [0, 0.1) is 0 Å². The molecule has 0 aromatic rings. The predicted octanol–water partition coefficient (Wildman–Crippen LogP) is 1.49. The minimum atomic E-state index is 0.146. The Morgan fingerprint density at radius 3 is 2.91 bits per heavy atom. The molecule has 0 saturated carbocycles. The minimum absolute atomic E-state index is 0.146. The highest BCUT2D eigenvalue weighted by atomic mass is 16.5. The van der Waals surface area contributed by atoms with E-state index in [1.165, 1.54) is 19.3 Å². The Bertz CT molecular complexity index is 115. The van der Waals surface area contributed by atoms with Gasteiger partial charge >= 0.3 is 0 Å². The molecule has 0 amide bonds. The molecule has 11 heavy (non-hydrogen) atoms. The number of aliphatic hydroxyl groups excluding tert-OH is 1. The molecule has 0 radical (unpaired) electrons. The molecule has 0 bridgehead atoms. The van der Waals surface area contributed by atoms with Crippen molar-refractivity contribution in [3.8, 4) is 0 Å². The highest BCUT2D eigenvalue weighted by molar-refractivity contribution is 4.84. The molecular formula is C9H16O2. The van der Waals surface area contributed by atoms with Crippen LogP contribution in [-0.2, 0) is 4.74 Å². The number of ether oxygens (including phenoxy) is 1. The maximum Gasteiger partial charge on any atom is 0.0612 e. The molecule has 1 unspecified atom stereocenters. The maximum atomic E-state index is 8.47. The van der Waals surface area contributed by atoms with Crippen molar-refractivity contribution >= 4 is 0 Å². The fourth-order valence-corrected chi connectivity index (χ4v) is 1.32. The molecule has 0 spiro atoms. The number of hydrogen-bond acceptors (Lipinski definition) is 2. The van der Waals surface area contributed by atoms with Crippen LogP contribution in [0.25, 0.3) is 0 Å². The van der Waals surface area contributed by atoms with E-state index in [0.29, 0.717) is 6.10 Å². The fraction of sp³-hybridized carbons (Fsp3) is 0.778. The third-order valence-corrected chi connectivity index (χ3v) is 1.95. The number of hydrogen-bond donors (Lipinski definition) is 1. The third-order valence-electron chi connectivity index (χ3n) is 1.95. The molecule has 64 valence electrons. The molecule has 1 rings (SSSR count). The summed E-state index contributed by atoms with van der Waals surface area (Å²) in [5, 5.41) is 8.47. The van der Waals surface area contributed by atoms with Crippen LogP contribution in [0.5, 0.6) is 0 Å². The van der Waals surface area contributed by atoms with Crippen LogP contribution in [-0.4, -0.2) is 24.4 Å². The van der Waals surface area contributed by atoms with Crippen molar-refractivity contribution in [1.29, 1.82) is 0 Å². The lowest BCUT2D eigenvalue weighted by Gasteiger charge is -2.20. The monoisotopic (exact) mass is 156 g/mol. The average molecular weight is 156 g/mol. The Hall–Kier alpha value is -0.340. The van der Waals surface area contributed by atoms with E-state index >= 15 is 0 Å². The number of aliphatic hydroxyl groups is 1. The summed E-state index contributed by atoms with van der Waals surface area (Å²) in [6.07, 6.45) is 8.81. The first-order valence-corrected chi connectivity index (χ1v) is 4.31. The highest BCUT2D eigenvalue weighted by Crippen LogP contribution is 2.15. The Morgan fingerprint density at radius 2 is 2.27 bits per heavy atom. The predicted molar refractivity (Wildman–Crippen MR) is 44.4 cm³/mol. The van der Waals surface area contributed by atoms with E-state index in [2.05, 4.69) is 0 Å². The third kappa shape index (κ3) is 3.54. The van der Waals surface area contributed by atoms with Gasteiger partial charge in [0.1, 0.15) is 0 Å². The van der Waals surface area contributed by atoms with Gasteiger partial charge in [0, 0.05) is 6.61 Å². The lowest BCUT2D eigenvalue weighted by Crippen LogP contribution is -2.17. The van der Waals surface area contributed by atoms with Gasteiger partial charge in [-0.15, -0.1) is 0 Å². The summed E-state index contributed by atoms with van der Waals surface area (Å²) in [4.78, 5) is 0. The maximum absolute atomic E-state index is 8.47. The zero-order valence-corrected chi connectivity index (χ0v) is 6.83. The normalized spacial score (nSPS) is 26.1. The van der Waals surface area contributed by atoms with Crippen molar-refractivity contribution in [3.05, 3.63) is 12.2 Å². The van der Waals surface area contributed by atoms with Gasteiger partial charge in [0.15, 0.2) is 0 Å². The van der Waals surface area contributed by atoms with Crippen LogP contribution in [0.1, 0.15) is 25.7 Å². The first-order valence-electron chi connectivity index (χ1n) is 4.31. The molecule has 0 aromatic carbocycles. The molecule has 1 fully saturated rings. The van der Waals surface area contributed by atoms with Gasteiger partial charge in [0.25, 0.3) is 0 Å². The van der Waals surface area contributed by atoms with Crippen LogP contribution < -0.4 is 0 Å². The van der Waals surface area contributed by atoms with Gasteiger partial charge in [-0.1, -0.05) is 12.2 Å². The zero-order chi connectivity index (χ0) is 7.94. The van der Waals surface area contributed by atoms with Crippen LogP contribution in [0.2, 0.25) is 0 Å². The van der Waals surface area contributed by atoms with Crippen LogP contribution in [0.15, 0.2) is 12.2 Å². The molecule has 0 aromatic heterocycles. The zero-order valence-electron chi connectivity index (χ0n) is 6.83. The van der Waals surface area contributed by atoms with Gasteiger partial charge in [0.2, 0.25) is 0 Å². The largest absolute Gasteiger partial charge is 0.392 e. The first kappa shape index (κ1) is 8.75. The summed E-state index contributed by atoms with van der Waals surface area (Å²) in [6, 6.07) is 0. The quantitative estimate of drug-likeness (QED) is 0.627. The van der Waals surface area contributed by atoms with Crippen molar-refractivity contribution in [2.24, 2.45) is 0 Å². The van der Waals surface area contributed by atoms with Crippen molar-refractivity contribution < 1.29 is 9.84 Å². The van der Waals surface area contributed by atoms with E-state index in [0.717, 1.165) is 13.0 Å². The Labute approximate surface area is 67.9 Å². The summed E-state index contributed by atoms with van der Waals surface area (Å²) >= 11 is 0. The van der Waals surface area contributed by atoms with Gasteiger partial charge in [-0.05, 0) is 25.7 Å². The summed E-state index contributed by atoms with van der Waals surface area (Å²) in [7, 11) is 0. The van der Waals surface area contributed by atoms with Crippen LogP contribution in [0.4, 0.5) is 0 Å². The van der Waals surface area contributed by atoms with E-state index < -0.39 is 0 Å². The SMILES string of the molecule is OC/C=C/CC1CCCCO1. The van der Waals surface area contributed by atoms with E-state index in [4.69, 9.17) is 9.84 Å². The highest BCUT2D eigenvalue weighted by Gasteiger charge is 2.10. The van der Waals surface area contributed by atoms with Gasteiger partial charge in [0.05, 0.1) is 12.7 Å². The summed E-state index contributed by atoms with van der Waals surface area (Å²) < 4.78 is 5.49. The first-order chi connectivity index (χ1) is 5.43. The van der Waals surface area contributed by atoms with E-state index in [-0.39, 0.29) is 6.61 Å². The molecule has 1 saturated heterocycles. The second-order valence-corrected chi connectivity index (χ2v) is 2.88. The van der Waals surface area contributed by atoms with Gasteiger partial charge < -0.3 is 9.84 Å². The minimum Gasteiger partial charge on any atom is -0.392 e. The molecule has 2 heteroatoms. The van der Waals surface area contributed by atoms with Crippen molar-refractivity contribution in [2.75, 3.05) is 13.2 Å². The molecule has 1 aliphatic heterocycles. The van der Waals surface area contributed by atoms with E-state index in [1.807, 2.05) is 6.08 Å². The second kappa shape index (κ2) is 5.33. The Kier molecular flexibility index (Phi) is 4.24. The average Bonchev–Trinajstić information content (AvgIpc) is 2.07. The van der Waals surface area contributed by atoms with E-state index in [9.17, 15) is 0 Å². The molecule has 0 aliphatic carbocycles. The fourth-order valence-electron chi connectivity index (χ4n) is 1.32. The molecular weight excluding hydrogens is 140 g/mol. The van der Waals surface area contributed by atoms with Gasteiger partial charge in [-0.2, -0.15) is 0 Å². The van der Waals surface area contributed by atoms with Crippen molar-refractivity contribution in [3.63, 3.8) is 0 Å². The van der Waals surface area contributed by atoms with Gasteiger partial charge in [-0.25, -0.2) is 0 Å².